The molecule has 1 heterocycles. The van der Waals surface area contributed by atoms with Crippen molar-refractivity contribution in [3.05, 3.63) is 48.0 Å². The number of nitrogens with zero attached hydrogens (tertiary/aromatic N) is 1. The standard InChI is InChI=1S/C27H36N2O5/c1-4-33-26-7-5-6-8-27(26)34-18-17-29-15-13-21(14-16-29)9-11-24(31)22-10-12-25(32-3)23(19-22)28-20(2)30/h5-8,10,12,19,21H,4,9,11,13-18H2,1-3H3,(H,28,30). The Hall–Kier alpha value is -3.06. The van der Waals surface area contributed by atoms with E-state index in [1.165, 1.54) is 6.92 Å². The highest BCUT2D eigenvalue weighted by Gasteiger charge is 2.21. The summed E-state index contributed by atoms with van der Waals surface area (Å²) in [6, 6.07) is 13.0. The first-order valence-corrected chi connectivity index (χ1v) is 12.1. The third kappa shape index (κ3) is 7.48. The van der Waals surface area contributed by atoms with Crippen LogP contribution in [0.25, 0.3) is 0 Å². The topological polar surface area (TPSA) is 77.1 Å². The van der Waals surface area contributed by atoms with Gasteiger partial charge in [0.25, 0.3) is 0 Å². The highest BCUT2D eigenvalue weighted by molar-refractivity contribution is 5.99. The molecule has 7 nitrogen and oxygen atoms in total. The lowest BCUT2D eigenvalue weighted by Gasteiger charge is -2.31. The Kier molecular flexibility index (Phi) is 9.76. The van der Waals surface area contributed by atoms with E-state index < -0.39 is 0 Å². The fourth-order valence-electron chi connectivity index (χ4n) is 4.28. The van der Waals surface area contributed by atoms with Crippen LogP contribution in [0, 0.1) is 5.92 Å². The van der Waals surface area contributed by atoms with Crippen LogP contribution in [-0.4, -0.2) is 56.5 Å². The number of likely N-dealkylation sites (tertiary alicyclic amines) is 1. The van der Waals surface area contributed by atoms with Gasteiger partial charge in [-0.05, 0) is 75.5 Å². The summed E-state index contributed by atoms with van der Waals surface area (Å²) in [5, 5.41) is 2.73. The van der Waals surface area contributed by atoms with E-state index in [1.807, 2.05) is 31.2 Å². The molecule has 34 heavy (non-hydrogen) atoms. The molecule has 1 saturated heterocycles. The smallest absolute Gasteiger partial charge is 0.221 e. The first-order chi connectivity index (χ1) is 16.5. The zero-order valence-corrected chi connectivity index (χ0v) is 20.5. The van der Waals surface area contributed by atoms with E-state index >= 15 is 0 Å². The van der Waals surface area contributed by atoms with Crippen LogP contribution in [0.3, 0.4) is 0 Å². The Morgan fingerprint density at radius 2 is 1.74 bits per heavy atom. The van der Waals surface area contributed by atoms with Crippen molar-refractivity contribution in [2.75, 3.05) is 45.3 Å². The predicted molar refractivity (Wildman–Crippen MR) is 133 cm³/mol. The SMILES string of the molecule is CCOc1ccccc1OCCN1CCC(CCC(=O)c2ccc(OC)c(NC(C)=O)c2)CC1. The molecule has 2 aromatic rings. The molecule has 0 aliphatic carbocycles. The second-order valence-electron chi connectivity index (χ2n) is 8.57. The number of methoxy groups -OCH3 is 1. The molecule has 1 aliphatic heterocycles. The van der Waals surface area contributed by atoms with Crippen molar-refractivity contribution in [3.63, 3.8) is 0 Å². The summed E-state index contributed by atoms with van der Waals surface area (Å²) in [7, 11) is 1.54. The van der Waals surface area contributed by atoms with Crippen LogP contribution in [0.1, 0.15) is 49.9 Å². The Balaban J connectivity index is 1.40. The Labute approximate surface area is 202 Å². The Morgan fingerprint density at radius 1 is 1.03 bits per heavy atom. The van der Waals surface area contributed by atoms with Gasteiger partial charge in [-0.1, -0.05) is 12.1 Å². The lowest BCUT2D eigenvalue weighted by atomic mass is 9.90. The molecule has 1 aliphatic rings. The molecule has 0 atom stereocenters. The molecule has 184 valence electrons. The van der Waals surface area contributed by atoms with Gasteiger partial charge in [-0.15, -0.1) is 0 Å². The van der Waals surface area contributed by atoms with Crippen LogP contribution < -0.4 is 19.5 Å². The van der Waals surface area contributed by atoms with Gasteiger partial charge in [0.2, 0.25) is 5.91 Å². The van der Waals surface area contributed by atoms with Crippen molar-refractivity contribution >= 4 is 17.4 Å². The van der Waals surface area contributed by atoms with Gasteiger partial charge in [-0.2, -0.15) is 0 Å². The summed E-state index contributed by atoms with van der Waals surface area (Å²) in [6.07, 6.45) is 3.56. The van der Waals surface area contributed by atoms with Gasteiger partial charge in [-0.25, -0.2) is 0 Å². The van der Waals surface area contributed by atoms with Crippen molar-refractivity contribution in [1.29, 1.82) is 0 Å². The number of ketones is 1. The number of piperidine rings is 1. The van der Waals surface area contributed by atoms with Crippen LogP contribution in [0.15, 0.2) is 42.5 Å². The average molecular weight is 469 g/mol. The maximum absolute atomic E-state index is 12.7. The molecule has 3 rings (SSSR count). The second kappa shape index (κ2) is 13.0. The molecular weight excluding hydrogens is 432 g/mol. The first kappa shape index (κ1) is 25.6. The summed E-state index contributed by atoms with van der Waals surface area (Å²) in [6.45, 7) is 7.56. The van der Waals surface area contributed by atoms with Gasteiger partial charge in [0.05, 0.1) is 19.4 Å². The fraction of sp³-hybridized carbons (Fsp3) is 0.481. The molecule has 2 aromatic carbocycles. The molecule has 0 aromatic heterocycles. The molecule has 0 saturated carbocycles. The van der Waals surface area contributed by atoms with E-state index in [9.17, 15) is 9.59 Å². The van der Waals surface area contributed by atoms with Gasteiger partial charge in [-0.3, -0.25) is 14.5 Å². The normalized spacial score (nSPS) is 14.4. The number of hydrogen-bond acceptors (Lipinski definition) is 6. The summed E-state index contributed by atoms with van der Waals surface area (Å²) >= 11 is 0. The molecule has 7 heteroatoms. The number of rotatable bonds is 12. The Morgan fingerprint density at radius 3 is 2.38 bits per heavy atom. The quantitative estimate of drug-likeness (QED) is 0.451. The molecule has 1 fully saturated rings. The van der Waals surface area contributed by atoms with Gasteiger partial charge in [0, 0.05) is 25.5 Å². The molecule has 1 amide bonds. The van der Waals surface area contributed by atoms with E-state index in [2.05, 4.69) is 10.2 Å². The molecule has 0 bridgehead atoms. The molecule has 0 radical (unpaired) electrons. The number of benzene rings is 2. The van der Waals surface area contributed by atoms with Gasteiger partial charge in [0.15, 0.2) is 17.3 Å². The van der Waals surface area contributed by atoms with Crippen molar-refractivity contribution in [1.82, 2.24) is 4.90 Å². The van der Waals surface area contributed by atoms with Crippen molar-refractivity contribution in [2.24, 2.45) is 5.92 Å². The van der Waals surface area contributed by atoms with E-state index in [1.54, 1.807) is 25.3 Å². The number of amides is 1. The van der Waals surface area contributed by atoms with Crippen molar-refractivity contribution in [2.45, 2.75) is 39.5 Å². The van der Waals surface area contributed by atoms with Crippen LogP contribution in [0.5, 0.6) is 17.2 Å². The number of anilines is 1. The van der Waals surface area contributed by atoms with E-state index in [0.29, 0.717) is 42.6 Å². The number of ether oxygens (including phenoxy) is 3. The van der Waals surface area contributed by atoms with Crippen LogP contribution in [-0.2, 0) is 4.79 Å². The zero-order valence-electron chi connectivity index (χ0n) is 20.5. The van der Waals surface area contributed by atoms with Crippen molar-refractivity contribution in [3.8, 4) is 17.2 Å². The van der Waals surface area contributed by atoms with Gasteiger partial charge < -0.3 is 19.5 Å². The lowest BCUT2D eigenvalue weighted by Crippen LogP contribution is -2.36. The van der Waals surface area contributed by atoms with Gasteiger partial charge >= 0.3 is 0 Å². The predicted octanol–water partition coefficient (Wildman–Crippen LogP) is 4.81. The number of carbonyl (C=O) groups is 2. The van der Waals surface area contributed by atoms with Crippen LogP contribution in [0.4, 0.5) is 5.69 Å². The van der Waals surface area contributed by atoms with Crippen LogP contribution in [0.2, 0.25) is 0 Å². The summed E-state index contributed by atoms with van der Waals surface area (Å²) < 4.78 is 16.8. The fourth-order valence-corrected chi connectivity index (χ4v) is 4.28. The molecule has 0 spiro atoms. The third-order valence-electron chi connectivity index (χ3n) is 6.13. The zero-order chi connectivity index (χ0) is 24.3. The number of carbonyl (C=O) groups excluding carboxylic acids is 2. The minimum Gasteiger partial charge on any atom is -0.495 e. The Bertz CT molecular complexity index is 954. The maximum Gasteiger partial charge on any atom is 0.221 e. The molecule has 0 unspecified atom stereocenters. The number of nitrogens with one attached hydrogen (secondary N) is 1. The van der Waals surface area contributed by atoms with E-state index in [4.69, 9.17) is 14.2 Å². The minimum absolute atomic E-state index is 0.0954. The van der Waals surface area contributed by atoms with E-state index in [0.717, 1.165) is 50.4 Å². The van der Waals surface area contributed by atoms with Crippen molar-refractivity contribution < 1.29 is 23.8 Å². The highest BCUT2D eigenvalue weighted by atomic mass is 16.5. The summed E-state index contributed by atoms with van der Waals surface area (Å²) in [5.41, 5.74) is 1.13. The van der Waals surface area contributed by atoms with E-state index in [-0.39, 0.29) is 11.7 Å². The largest absolute Gasteiger partial charge is 0.495 e. The molecule has 1 N–H and O–H groups in total. The number of Topliss-reactive ketones (excluding diaryl/α,β-unsaturated/α-hetero) is 1. The minimum atomic E-state index is -0.196. The maximum atomic E-state index is 12.7. The monoisotopic (exact) mass is 468 g/mol. The second-order valence-corrected chi connectivity index (χ2v) is 8.57. The number of hydrogen-bond donors (Lipinski definition) is 1. The highest BCUT2D eigenvalue weighted by Crippen LogP contribution is 2.28. The first-order valence-electron chi connectivity index (χ1n) is 12.1. The average Bonchev–Trinajstić information content (AvgIpc) is 2.84. The summed E-state index contributed by atoms with van der Waals surface area (Å²) in [4.78, 5) is 26.6. The summed E-state index contributed by atoms with van der Waals surface area (Å²) in [5.74, 6) is 2.57. The lowest BCUT2D eigenvalue weighted by molar-refractivity contribution is -0.114. The third-order valence-corrected chi connectivity index (χ3v) is 6.13. The molecular formula is C27H36N2O5. The number of para-hydroxylation sites is 2. The van der Waals surface area contributed by atoms with Crippen LogP contribution >= 0.6 is 0 Å². The van der Waals surface area contributed by atoms with Gasteiger partial charge in [0.1, 0.15) is 12.4 Å².